The van der Waals surface area contributed by atoms with Crippen LogP contribution < -0.4 is 4.72 Å². The van der Waals surface area contributed by atoms with Gasteiger partial charge in [0, 0.05) is 13.2 Å². The van der Waals surface area contributed by atoms with Gasteiger partial charge in [-0.3, -0.25) is 10.1 Å². The van der Waals surface area contributed by atoms with E-state index in [-0.39, 0.29) is 13.2 Å². The van der Waals surface area contributed by atoms with Crippen LogP contribution in [0.15, 0.2) is 23.1 Å². The summed E-state index contributed by atoms with van der Waals surface area (Å²) in [5, 5.41) is 19.3. The molecule has 0 atom stereocenters. The first-order valence-corrected chi connectivity index (χ1v) is 6.92. The summed E-state index contributed by atoms with van der Waals surface area (Å²) in [6, 6.07) is 2.88. The predicted molar refractivity (Wildman–Crippen MR) is 64.6 cm³/mol. The minimum Gasteiger partial charge on any atom is -0.396 e. The number of halogens is 1. The molecule has 7 nitrogen and oxygen atoms in total. The predicted octanol–water partition coefficient (Wildman–Crippen LogP) is 0.785. The lowest BCUT2D eigenvalue weighted by atomic mass is 10.3. The Kier molecular flexibility index (Phi) is 5.33. The molecule has 106 valence electrons. The summed E-state index contributed by atoms with van der Waals surface area (Å²) in [5.74, 6) is -1.21. The molecule has 0 saturated carbocycles. The van der Waals surface area contributed by atoms with Crippen molar-refractivity contribution in [2.24, 2.45) is 0 Å². The number of nitrogens with zero attached hydrogens (tertiary/aromatic N) is 1. The number of sulfonamides is 1. The number of nitro benzene ring substituents is 1. The minimum atomic E-state index is -4.15. The molecule has 1 rings (SSSR count). The Bertz CT molecular complexity index is 561. The fourth-order valence-corrected chi connectivity index (χ4v) is 2.66. The van der Waals surface area contributed by atoms with E-state index in [4.69, 9.17) is 5.11 Å². The van der Waals surface area contributed by atoms with Gasteiger partial charge >= 0.3 is 5.69 Å². The van der Waals surface area contributed by atoms with E-state index >= 15 is 0 Å². The van der Waals surface area contributed by atoms with Crippen LogP contribution in [0.3, 0.4) is 0 Å². The van der Waals surface area contributed by atoms with Crippen molar-refractivity contribution in [2.45, 2.75) is 17.7 Å². The van der Waals surface area contributed by atoms with Crippen LogP contribution in [-0.2, 0) is 10.0 Å². The van der Waals surface area contributed by atoms with Crippen LogP contribution in [0.2, 0.25) is 0 Å². The summed E-state index contributed by atoms with van der Waals surface area (Å²) >= 11 is 0. The molecule has 0 aromatic heterocycles. The summed E-state index contributed by atoms with van der Waals surface area (Å²) in [4.78, 5) is 8.93. The van der Waals surface area contributed by atoms with Gasteiger partial charge in [0.05, 0.1) is 4.92 Å². The first-order chi connectivity index (χ1) is 8.90. The maximum Gasteiger partial charge on any atom is 0.324 e. The third-order valence-corrected chi connectivity index (χ3v) is 3.79. The summed E-state index contributed by atoms with van der Waals surface area (Å²) in [6.07, 6.45) is 0.770. The number of aliphatic hydroxyl groups is 1. The van der Waals surface area contributed by atoms with Crippen LogP contribution in [0.1, 0.15) is 12.8 Å². The van der Waals surface area contributed by atoms with E-state index in [9.17, 15) is 22.9 Å². The van der Waals surface area contributed by atoms with Crippen molar-refractivity contribution in [3.05, 3.63) is 34.1 Å². The van der Waals surface area contributed by atoms with Crippen LogP contribution >= 0.6 is 0 Å². The molecule has 2 N–H and O–H groups in total. The molecule has 1 aromatic rings. The lowest BCUT2D eigenvalue weighted by Gasteiger charge is -2.07. The average Bonchev–Trinajstić information content (AvgIpc) is 2.34. The number of unbranched alkanes of at least 4 members (excludes halogenated alkanes) is 1. The average molecular weight is 292 g/mol. The van der Waals surface area contributed by atoms with Crippen molar-refractivity contribution in [3.63, 3.8) is 0 Å². The van der Waals surface area contributed by atoms with Gasteiger partial charge in [0.2, 0.25) is 15.8 Å². The fraction of sp³-hybridized carbons (Fsp3) is 0.400. The number of para-hydroxylation sites is 1. The molecule has 0 aliphatic heterocycles. The molecule has 0 radical (unpaired) electrons. The lowest BCUT2D eigenvalue weighted by molar-refractivity contribution is -0.390. The second-order valence-corrected chi connectivity index (χ2v) is 5.41. The first kappa shape index (κ1) is 15.5. The van der Waals surface area contributed by atoms with Crippen molar-refractivity contribution >= 4 is 15.7 Å². The number of aliphatic hydroxyl groups excluding tert-OH is 1. The van der Waals surface area contributed by atoms with E-state index < -0.39 is 31.3 Å². The molecule has 0 saturated heterocycles. The first-order valence-electron chi connectivity index (χ1n) is 5.43. The standard InChI is InChI=1S/C10H13FN2O5S/c11-8-4-3-5-9(10(8)13(15)16)19(17,18)12-6-1-2-7-14/h3-5,12,14H,1-2,6-7H2. The molecule has 0 bridgehead atoms. The summed E-state index contributed by atoms with van der Waals surface area (Å²) < 4.78 is 39.1. The molecule has 0 unspecified atom stereocenters. The zero-order chi connectivity index (χ0) is 14.5. The van der Waals surface area contributed by atoms with E-state index in [1.54, 1.807) is 0 Å². The third kappa shape index (κ3) is 3.94. The Hall–Kier alpha value is -1.58. The quantitative estimate of drug-likeness (QED) is 0.438. The van der Waals surface area contributed by atoms with Crippen LogP contribution in [0.4, 0.5) is 10.1 Å². The van der Waals surface area contributed by atoms with Crippen molar-refractivity contribution in [2.75, 3.05) is 13.2 Å². The highest BCUT2D eigenvalue weighted by molar-refractivity contribution is 7.89. The normalized spacial score (nSPS) is 11.5. The zero-order valence-electron chi connectivity index (χ0n) is 9.87. The lowest BCUT2D eigenvalue weighted by Crippen LogP contribution is -2.26. The van der Waals surface area contributed by atoms with Crippen molar-refractivity contribution in [1.29, 1.82) is 0 Å². The molecule has 0 aliphatic rings. The van der Waals surface area contributed by atoms with E-state index in [0.29, 0.717) is 12.8 Å². The molecule has 0 fully saturated rings. The summed E-state index contributed by atoms with van der Waals surface area (Å²) in [5.41, 5.74) is -1.07. The van der Waals surface area contributed by atoms with Crippen LogP contribution in [0, 0.1) is 15.9 Å². The van der Waals surface area contributed by atoms with E-state index in [2.05, 4.69) is 4.72 Å². The van der Waals surface area contributed by atoms with Gasteiger partial charge in [-0.15, -0.1) is 0 Å². The maximum absolute atomic E-state index is 13.3. The topological polar surface area (TPSA) is 110 Å². The highest BCUT2D eigenvalue weighted by Gasteiger charge is 2.28. The second-order valence-electron chi connectivity index (χ2n) is 3.67. The van der Waals surface area contributed by atoms with Crippen molar-refractivity contribution < 1.29 is 22.8 Å². The van der Waals surface area contributed by atoms with Crippen molar-refractivity contribution in [3.8, 4) is 0 Å². The molecule has 0 heterocycles. The molecule has 1 aromatic carbocycles. The highest BCUT2D eigenvalue weighted by atomic mass is 32.2. The Labute approximate surface area is 109 Å². The molecule has 0 amide bonds. The summed E-state index contributed by atoms with van der Waals surface area (Å²) in [7, 11) is -4.15. The Balaban J connectivity index is 3.01. The van der Waals surface area contributed by atoms with Gasteiger partial charge < -0.3 is 5.11 Å². The van der Waals surface area contributed by atoms with Gasteiger partial charge in [0.25, 0.3) is 0 Å². The molecule has 19 heavy (non-hydrogen) atoms. The van der Waals surface area contributed by atoms with E-state index in [0.717, 1.165) is 18.2 Å². The van der Waals surface area contributed by atoms with Gasteiger partial charge in [0.15, 0.2) is 4.90 Å². The monoisotopic (exact) mass is 292 g/mol. The largest absolute Gasteiger partial charge is 0.396 e. The van der Waals surface area contributed by atoms with E-state index in [1.165, 1.54) is 0 Å². The fourth-order valence-electron chi connectivity index (χ4n) is 1.41. The van der Waals surface area contributed by atoms with E-state index in [1.807, 2.05) is 0 Å². The van der Waals surface area contributed by atoms with Crippen LogP contribution in [0.25, 0.3) is 0 Å². The molecule has 0 aliphatic carbocycles. The van der Waals surface area contributed by atoms with Gasteiger partial charge in [-0.1, -0.05) is 6.07 Å². The Morgan fingerprint density at radius 2 is 2.05 bits per heavy atom. The second kappa shape index (κ2) is 6.55. The smallest absolute Gasteiger partial charge is 0.324 e. The minimum absolute atomic E-state index is 0.0105. The third-order valence-electron chi connectivity index (χ3n) is 2.30. The zero-order valence-corrected chi connectivity index (χ0v) is 10.7. The van der Waals surface area contributed by atoms with Crippen LogP contribution in [-0.4, -0.2) is 31.6 Å². The number of nitrogens with one attached hydrogen (secondary N) is 1. The van der Waals surface area contributed by atoms with Gasteiger partial charge in [-0.2, -0.15) is 4.39 Å². The molecule has 0 spiro atoms. The van der Waals surface area contributed by atoms with Crippen molar-refractivity contribution in [1.82, 2.24) is 4.72 Å². The summed E-state index contributed by atoms with van der Waals surface area (Å²) in [6.45, 7) is -0.0710. The molecule has 9 heteroatoms. The number of rotatable bonds is 7. The molecular formula is C10H13FN2O5S. The molecular weight excluding hydrogens is 279 g/mol. The van der Waals surface area contributed by atoms with Gasteiger partial charge in [0.1, 0.15) is 0 Å². The SMILES string of the molecule is O=[N+]([O-])c1c(F)cccc1S(=O)(=O)NCCCCO. The number of nitro groups is 1. The Morgan fingerprint density at radius 1 is 1.37 bits per heavy atom. The highest BCUT2D eigenvalue weighted by Crippen LogP contribution is 2.26. The maximum atomic E-state index is 13.3. The van der Waals surface area contributed by atoms with Crippen LogP contribution in [0.5, 0.6) is 0 Å². The van der Waals surface area contributed by atoms with Gasteiger partial charge in [-0.05, 0) is 25.0 Å². The van der Waals surface area contributed by atoms with Gasteiger partial charge in [-0.25, -0.2) is 13.1 Å². The number of hydrogen-bond acceptors (Lipinski definition) is 5. The number of hydrogen-bond donors (Lipinski definition) is 2. The number of benzene rings is 1. The Morgan fingerprint density at radius 3 is 2.63 bits per heavy atom.